The quantitative estimate of drug-likeness (QED) is 0.452. The maximum absolute atomic E-state index is 12.1. The summed E-state index contributed by atoms with van der Waals surface area (Å²) < 4.78 is 34.3. The predicted octanol–water partition coefficient (Wildman–Crippen LogP) is 2.09. The summed E-state index contributed by atoms with van der Waals surface area (Å²) in [6.07, 6.45) is 1.07. The molecular weight excluding hydrogens is 398 g/mol. The van der Waals surface area contributed by atoms with E-state index in [1.165, 1.54) is 44.3 Å². The molecule has 154 valence electrons. The number of ether oxygens (including phenoxy) is 2. The number of benzene rings is 2. The lowest BCUT2D eigenvalue weighted by Crippen LogP contribution is -2.24. The van der Waals surface area contributed by atoms with Gasteiger partial charge in [0.1, 0.15) is 5.75 Å². The largest absolute Gasteiger partial charge is 0.482 e. The molecule has 2 rings (SSSR count). The fourth-order valence-electron chi connectivity index (χ4n) is 2.27. The van der Waals surface area contributed by atoms with Gasteiger partial charge in [0.05, 0.1) is 11.9 Å². The van der Waals surface area contributed by atoms with Crippen molar-refractivity contribution in [1.29, 1.82) is 0 Å². The molecule has 0 aliphatic heterocycles. The molecule has 0 saturated heterocycles. The van der Waals surface area contributed by atoms with Gasteiger partial charge in [0.15, 0.2) is 24.8 Å². The van der Waals surface area contributed by atoms with E-state index < -0.39 is 35.0 Å². The van der Waals surface area contributed by atoms with Crippen molar-refractivity contribution in [2.24, 2.45) is 0 Å². The van der Waals surface area contributed by atoms with Crippen molar-refractivity contribution < 1.29 is 32.3 Å². The molecule has 0 N–H and O–H groups in total. The normalized spacial score (nSPS) is 10.9. The van der Waals surface area contributed by atoms with Crippen LogP contribution in [0.25, 0.3) is 0 Å². The highest BCUT2D eigenvalue weighted by Crippen LogP contribution is 2.17. The number of esters is 1. The third kappa shape index (κ3) is 6.42. The van der Waals surface area contributed by atoms with E-state index in [1.54, 1.807) is 18.2 Å². The second kappa shape index (κ2) is 9.33. The Hall–Kier alpha value is -3.20. The molecule has 2 aromatic rings. The van der Waals surface area contributed by atoms with E-state index in [2.05, 4.69) is 0 Å². The molecule has 0 radical (unpaired) electrons. The molecule has 0 spiro atoms. The van der Waals surface area contributed by atoms with E-state index >= 15 is 0 Å². The van der Waals surface area contributed by atoms with Crippen LogP contribution < -0.4 is 9.04 Å². The third-order valence-electron chi connectivity index (χ3n) is 4.01. The summed E-state index contributed by atoms with van der Waals surface area (Å²) in [4.78, 5) is 35.3. The Morgan fingerprint density at radius 1 is 0.966 bits per heavy atom. The monoisotopic (exact) mass is 419 g/mol. The predicted molar refractivity (Wildman–Crippen MR) is 107 cm³/mol. The van der Waals surface area contributed by atoms with Crippen LogP contribution in [0.2, 0.25) is 0 Å². The van der Waals surface area contributed by atoms with Crippen molar-refractivity contribution in [2.45, 2.75) is 6.92 Å². The fraction of sp³-hybridized carbons (Fsp3) is 0.250. The number of hydrogen-bond donors (Lipinski definition) is 0. The summed E-state index contributed by atoms with van der Waals surface area (Å²) in [6.45, 7) is 0.536. The third-order valence-corrected chi connectivity index (χ3v) is 5.22. The molecule has 0 bridgehead atoms. The first-order valence-electron chi connectivity index (χ1n) is 8.54. The Bertz CT molecular complexity index is 1010. The molecule has 29 heavy (non-hydrogen) atoms. The maximum atomic E-state index is 12.1. The molecule has 0 aliphatic rings. The van der Waals surface area contributed by atoms with E-state index in [-0.39, 0.29) is 11.3 Å². The van der Waals surface area contributed by atoms with Crippen LogP contribution in [0.15, 0.2) is 48.5 Å². The molecule has 9 heteroatoms. The van der Waals surface area contributed by atoms with Gasteiger partial charge in [-0.25, -0.2) is 13.2 Å². The Morgan fingerprint density at radius 3 is 2.21 bits per heavy atom. The van der Waals surface area contributed by atoms with Crippen LogP contribution in [0.5, 0.6) is 5.75 Å². The minimum atomic E-state index is -3.40. The summed E-state index contributed by atoms with van der Waals surface area (Å²) in [5.41, 5.74) is 1.14. The van der Waals surface area contributed by atoms with E-state index in [1.807, 2.05) is 0 Å². The minimum absolute atomic E-state index is 0.127. The van der Waals surface area contributed by atoms with Crippen molar-refractivity contribution in [2.75, 3.05) is 30.8 Å². The maximum Gasteiger partial charge on any atom is 0.344 e. The van der Waals surface area contributed by atoms with Crippen molar-refractivity contribution in [3.8, 4) is 5.75 Å². The molecule has 2 aromatic carbocycles. The Balaban J connectivity index is 1.86. The summed E-state index contributed by atoms with van der Waals surface area (Å²) in [5, 5.41) is 0. The summed E-state index contributed by atoms with van der Waals surface area (Å²) >= 11 is 0. The lowest BCUT2D eigenvalue weighted by atomic mass is 10.1. The molecule has 0 fully saturated rings. The van der Waals surface area contributed by atoms with Gasteiger partial charge in [0.25, 0.3) is 0 Å². The van der Waals surface area contributed by atoms with Gasteiger partial charge in [-0.05, 0) is 43.3 Å². The van der Waals surface area contributed by atoms with Crippen LogP contribution in [0.1, 0.15) is 27.6 Å². The van der Waals surface area contributed by atoms with E-state index in [9.17, 15) is 22.8 Å². The average Bonchev–Trinajstić information content (AvgIpc) is 2.69. The number of carbonyl (C=O) groups excluding carboxylic acids is 3. The van der Waals surface area contributed by atoms with Gasteiger partial charge in [-0.15, -0.1) is 0 Å². The number of Topliss-reactive ketones (excluding diaryl/α,β-unsaturated/α-hetero) is 2. The standard InChI is InChI=1S/C20H21NO7S/c1-14(22)16-5-4-6-18(11-16)27-13-20(24)28-12-19(23)15-7-9-17(10-8-15)21(2)29(3,25)26/h4-11H,12-13H2,1-3H3. The molecule has 0 aliphatic carbocycles. The van der Waals surface area contributed by atoms with Gasteiger partial charge >= 0.3 is 5.97 Å². The summed E-state index contributed by atoms with van der Waals surface area (Å²) in [6, 6.07) is 12.3. The Labute approximate surface area is 169 Å². The van der Waals surface area contributed by atoms with Gasteiger partial charge in [-0.2, -0.15) is 0 Å². The number of hydrogen-bond acceptors (Lipinski definition) is 7. The number of rotatable bonds is 9. The second-order valence-electron chi connectivity index (χ2n) is 6.23. The van der Waals surface area contributed by atoms with Gasteiger partial charge in [-0.1, -0.05) is 12.1 Å². The molecule has 0 heterocycles. The van der Waals surface area contributed by atoms with Crippen LogP contribution in [-0.4, -0.2) is 52.5 Å². The summed E-state index contributed by atoms with van der Waals surface area (Å²) in [5.74, 6) is -0.963. The smallest absolute Gasteiger partial charge is 0.344 e. The van der Waals surface area contributed by atoms with E-state index in [0.717, 1.165) is 10.6 Å². The SMILES string of the molecule is CC(=O)c1cccc(OCC(=O)OCC(=O)c2ccc(N(C)S(C)(=O)=O)cc2)c1. The molecule has 0 unspecified atom stereocenters. The highest BCUT2D eigenvalue weighted by molar-refractivity contribution is 7.92. The lowest BCUT2D eigenvalue weighted by Gasteiger charge is -2.16. The van der Waals surface area contributed by atoms with Crippen molar-refractivity contribution >= 4 is 33.2 Å². The first-order valence-corrected chi connectivity index (χ1v) is 10.4. The minimum Gasteiger partial charge on any atom is -0.482 e. The van der Waals surface area contributed by atoms with Crippen molar-refractivity contribution in [3.63, 3.8) is 0 Å². The zero-order chi connectivity index (χ0) is 21.6. The Kier molecular flexibility index (Phi) is 7.11. The molecule has 0 aromatic heterocycles. The van der Waals surface area contributed by atoms with Gasteiger partial charge in [-0.3, -0.25) is 13.9 Å². The fourth-order valence-corrected chi connectivity index (χ4v) is 2.77. The number of carbonyl (C=O) groups is 3. The van der Waals surface area contributed by atoms with E-state index in [0.29, 0.717) is 17.0 Å². The van der Waals surface area contributed by atoms with Crippen molar-refractivity contribution in [1.82, 2.24) is 0 Å². The van der Waals surface area contributed by atoms with Crippen LogP contribution in [0.4, 0.5) is 5.69 Å². The molecular formula is C20H21NO7S. The number of anilines is 1. The average molecular weight is 419 g/mol. The van der Waals surface area contributed by atoms with Crippen LogP contribution in [0.3, 0.4) is 0 Å². The topological polar surface area (TPSA) is 107 Å². The molecule has 8 nitrogen and oxygen atoms in total. The first kappa shape index (κ1) is 22.1. The second-order valence-corrected chi connectivity index (χ2v) is 8.25. The Morgan fingerprint density at radius 2 is 1.62 bits per heavy atom. The van der Waals surface area contributed by atoms with E-state index in [4.69, 9.17) is 9.47 Å². The number of sulfonamides is 1. The highest BCUT2D eigenvalue weighted by atomic mass is 32.2. The van der Waals surface area contributed by atoms with Gasteiger partial charge in [0.2, 0.25) is 10.0 Å². The van der Waals surface area contributed by atoms with Crippen LogP contribution in [0, 0.1) is 0 Å². The lowest BCUT2D eigenvalue weighted by molar-refractivity contribution is -0.144. The highest BCUT2D eigenvalue weighted by Gasteiger charge is 2.14. The zero-order valence-electron chi connectivity index (χ0n) is 16.2. The molecule has 0 amide bonds. The van der Waals surface area contributed by atoms with Crippen LogP contribution >= 0.6 is 0 Å². The van der Waals surface area contributed by atoms with Gasteiger partial charge in [0, 0.05) is 18.2 Å². The molecule has 0 atom stereocenters. The number of nitrogens with zero attached hydrogens (tertiary/aromatic N) is 1. The molecule has 0 saturated carbocycles. The summed E-state index contributed by atoms with van der Waals surface area (Å²) in [7, 11) is -2.00. The first-order chi connectivity index (χ1) is 13.6. The zero-order valence-corrected chi connectivity index (χ0v) is 17.1. The van der Waals surface area contributed by atoms with Crippen molar-refractivity contribution in [3.05, 3.63) is 59.7 Å². The van der Waals surface area contributed by atoms with Crippen LogP contribution in [-0.2, 0) is 19.6 Å². The van der Waals surface area contributed by atoms with Gasteiger partial charge < -0.3 is 9.47 Å². The number of ketones is 2.